The van der Waals surface area contributed by atoms with Gasteiger partial charge in [-0.3, -0.25) is 9.20 Å². The maximum Gasteiger partial charge on any atom is 0.257 e. The average molecular weight is 400 g/mol. The molecule has 0 spiro atoms. The number of aliphatic hydroxyl groups excluding tert-OH is 1. The number of nitrogens with zero attached hydrogens (tertiary/aromatic N) is 3. The number of hydrogen-bond donors (Lipinski definition) is 2. The molecule has 4 aromatic rings. The van der Waals surface area contributed by atoms with Crippen LogP contribution in [0.1, 0.15) is 23.6 Å². The van der Waals surface area contributed by atoms with Crippen molar-refractivity contribution in [2.75, 3.05) is 11.9 Å². The van der Waals surface area contributed by atoms with E-state index in [-0.39, 0.29) is 12.1 Å². The molecular weight excluding hydrogens is 376 g/mol. The van der Waals surface area contributed by atoms with Gasteiger partial charge in [0.1, 0.15) is 11.7 Å². The molecule has 0 aliphatic rings. The summed E-state index contributed by atoms with van der Waals surface area (Å²) in [5.41, 5.74) is 5.16. The lowest BCUT2D eigenvalue weighted by Gasteiger charge is -2.16. The fourth-order valence-electron chi connectivity index (χ4n) is 3.89. The summed E-state index contributed by atoms with van der Waals surface area (Å²) in [4.78, 5) is 12.7. The molecule has 2 heterocycles. The molecule has 0 fully saturated rings. The number of nitrogens with one attached hydrogen (secondary N) is 1. The fourth-order valence-corrected chi connectivity index (χ4v) is 3.89. The highest BCUT2D eigenvalue weighted by Gasteiger charge is 2.19. The van der Waals surface area contributed by atoms with E-state index in [1.165, 1.54) is 11.6 Å². The first-order valence-electron chi connectivity index (χ1n) is 10.1. The molecule has 2 aromatic heterocycles. The van der Waals surface area contributed by atoms with Crippen LogP contribution in [0.25, 0.3) is 16.7 Å². The Morgan fingerprint density at radius 1 is 1.13 bits per heavy atom. The Morgan fingerprint density at radius 2 is 1.83 bits per heavy atom. The minimum Gasteiger partial charge on any atom is -0.389 e. The average Bonchev–Trinajstić information content (AvgIpc) is 3.07. The van der Waals surface area contributed by atoms with Crippen molar-refractivity contribution < 1.29 is 5.11 Å². The van der Waals surface area contributed by atoms with Crippen molar-refractivity contribution >= 4 is 22.4 Å². The van der Waals surface area contributed by atoms with E-state index in [2.05, 4.69) is 30.4 Å². The van der Waals surface area contributed by atoms with Crippen LogP contribution < -0.4 is 10.9 Å². The topological polar surface area (TPSA) is 82.5 Å². The van der Waals surface area contributed by atoms with Crippen molar-refractivity contribution in [2.45, 2.75) is 32.9 Å². The molecule has 0 saturated carbocycles. The molecule has 2 N–H and O–H groups in total. The highest BCUT2D eigenvalue weighted by Crippen LogP contribution is 2.24. The maximum atomic E-state index is 12.7. The summed E-state index contributed by atoms with van der Waals surface area (Å²) >= 11 is 0. The number of nitriles is 1. The molecule has 6 nitrogen and oxygen atoms in total. The van der Waals surface area contributed by atoms with Gasteiger partial charge in [0.15, 0.2) is 0 Å². The first-order chi connectivity index (χ1) is 14.5. The van der Waals surface area contributed by atoms with Gasteiger partial charge in [-0.1, -0.05) is 31.2 Å². The molecule has 0 unspecified atom stereocenters. The lowest BCUT2D eigenvalue weighted by molar-refractivity contribution is 0.169. The number of imidazole rings is 1. The minimum absolute atomic E-state index is 0.180. The van der Waals surface area contributed by atoms with Gasteiger partial charge in [-0.05, 0) is 48.7 Å². The predicted octanol–water partition coefficient (Wildman–Crippen LogP) is 3.47. The maximum absolute atomic E-state index is 12.7. The summed E-state index contributed by atoms with van der Waals surface area (Å²) in [5.74, 6) is 0. The second-order valence-corrected chi connectivity index (χ2v) is 7.50. The van der Waals surface area contributed by atoms with Crippen LogP contribution in [0.2, 0.25) is 0 Å². The molecule has 0 amide bonds. The van der Waals surface area contributed by atoms with Crippen LogP contribution in [0.3, 0.4) is 0 Å². The molecule has 0 saturated heterocycles. The zero-order chi connectivity index (χ0) is 21.3. The number of fused-ring (bicyclic) bond motifs is 3. The van der Waals surface area contributed by atoms with E-state index < -0.39 is 6.10 Å². The monoisotopic (exact) mass is 400 g/mol. The third-order valence-corrected chi connectivity index (χ3v) is 5.47. The highest BCUT2D eigenvalue weighted by atomic mass is 16.3. The van der Waals surface area contributed by atoms with Gasteiger partial charge in [-0.25, -0.2) is 0 Å². The van der Waals surface area contributed by atoms with Gasteiger partial charge in [0.05, 0.1) is 29.2 Å². The number of para-hydroxylation sites is 2. The van der Waals surface area contributed by atoms with Crippen molar-refractivity contribution in [1.29, 1.82) is 5.26 Å². The Kier molecular flexibility index (Phi) is 5.30. The van der Waals surface area contributed by atoms with Crippen LogP contribution in [0, 0.1) is 18.3 Å². The van der Waals surface area contributed by atoms with E-state index >= 15 is 0 Å². The number of aromatic nitrogens is 2. The van der Waals surface area contributed by atoms with Crippen molar-refractivity contribution in [3.8, 4) is 6.07 Å². The number of benzene rings is 2. The summed E-state index contributed by atoms with van der Waals surface area (Å²) in [6, 6.07) is 19.4. The van der Waals surface area contributed by atoms with Gasteiger partial charge in [-0.15, -0.1) is 0 Å². The van der Waals surface area contributed by atoms with Gasteiger partial charge >= 0.3 is 0 Å². The molecule has 6 heteroatoms. The van der Waals surface area contributed by atoms with Gasteiger partial charge in [0.25, 0.3) is 5.56 Å². The minimum atomic E-state index is -0.711. The number of aryl methyl sites for hydroxylation is 2. The van der Waals surface area contributed by atoms with E-state index in [9.17, 15) is 15.2 Å². The SMILES string of the molecule is CCc1ccc(NC[C@@H](O)Cn2c3ccccc3n3c(=O)cc(C)c(C#N)c23)cc1. The van der Waals surface area contributed by atoms with Gasteiger partial charge in [0, 0.05) is 18.3 Å². The number of aliphatic hydroxyl groups is 1. The number of hydrogen-bond acceptors (Lipinski definition) is 4. The Hall–Kier alpha value is -3.56. The number of rotatable bonds is 6. The van der Waals surface area contributed by atoms with Gasteiger partial charge < -0.3 is 15.0 Å². The zero-order valence-corrected chi connectivity index (χ0v) is 17.1. The molecule has 0 aliphatic carbocycles. The quantitative estimate of drug-likeness (QED) is 0.519. The lowest BCUT2D eigenvalue weighted by atomic mass is 10.1. The fraction of sp³-hybridized carbons (Fsp3) is 0.250. The van der Waals surface area contributed by atoms with E-state index in [4.69, 9.17) is 0 Å². The molecule has 2 aromatic carbocycles. The van der Waals surface area contributed by atoms with Crippen molar-refractivity contribution in [2.24, 2.45) is 0 Å². The van der Waals surface area contributed by atoms with Crippen LogP contribution in [-0.4, -0.2) is 26.7 Å². The van der Waals surface area contributed by atoms with E-state index in [0.717, 1.165) is 23.1 Å². The van der Waals surface area contributed by atoms with Gasteiger partial charge in [-0.2, -0.15) is 5.26 Å². The zero-order valence-electron chi connectivity index (χ0n) is 17.1. The van der Waals surface area contributed by atoms with E-state index in [1.807, 2.05) is 41.0 Å². The van der Waals surface area contributed by atoms with Gasteiger partial charge in [0.2, 0.25) is 0 Å². The molecule has 0 bridgehead atoms. The molecule has 4 rings (SSSR count). The summed E-state index contributed by atoms with van der Waals surface area (Å²) < 4.78 is 3.43. The van der Waals surface area contributed by atoms with Crippen molar-refractivity contribution in [3.05, 3.63) is 81.6 Å². The summed E-state index contributed by atoms with van der Waals surface area (Å²) in [6.07, 6.45) is 0.272. The predicted molar refractivity (Wildman–Crippen MR) is 119 cm³/mol. The number of anilines is 1. The molecular formula is C24H24N4O2. The molecule has 152 valence electrons. The van der Waals surface area contributed by atoms with Crippen LogP contribution in [0.15, 0.2) is 59.4 Å². The smallest absolute Gasteiger partial charge is 0.257 e. The molecule has 0 aliphatic heterocycles. The normalized spacial score (nSPS) is 12.2. The standard InChI is InChI=1S/C24H24N4O2/c1-3-17-8-10-18(11-9-17)26-14-19(29)15-27-21-6-4-5-7-22(21)28-23(30)12-16(2)20(13-25)24(27)28/h4-12,19,26,29H,3,14-15H2,1-2H3/t19-/m1/s1. The molecule has 30 heavy (non-hydrogen) atoms. The summed E-state index contributed by atoms with van der Waals surface area (Å²) in [7, 11) is 0. The third kappa shape index (κ3) is 3.44. The largest absolute Gasteiger partial charge is 0.389 e. The van der Waals surface area contributed by atoms with Crippen molar-refractivity contribution in [1.82, 2.24) is 8.97 Å². The Bertz CT molecular complexity index is 1310. The van der Waals surface area contributed by atoms with Crippen LogP contribution in [0.4, 0.5) is 5.69 Å². The Balaban J connectivity index is 1.70. The second-order valence-electron chi connectivity index (χ2n) is 7.50. The Labute approximate surface area is 174 Å². The first-order valence-corrected chi connectivity index (χ1v) is 10.1. The number of pyridine rings is 1. The summed E-state index contributed by atoms with van der Waals surface area (Å²) in [5, 5.41) is 23.7. The van der Waals surface area contributed by atoms with Crippen LogP contribution in [0.5, 0.6) is 0 Å². The summed E-state index contributed by atoms with van der Waals surface area (Å²) in [6.45, 7) is 4.48. The first kappa shape index (κ1) is 19.7. The van der Waals surface area contributed by atoms with Crippen LogP contribution >= 0.6 is 0 Å². The third-order valence-electron chi connectivity index (χ3n) is 5.47. The van der Waals surface area contributed by atoms with Crippen LogP contribution in [-0.2, 0) is 13.0 Å². The molecule has 1 atom stereocenters. The van der Waals surface area contributed by atoms with Crippen molar-refractivity contribution in [3.63, 3.8) is 0 Å². The lowest BCUT2D eigenvalue weighted by Crippen LogP contribution is -2.25. The second kappa shape index (κ2) is 8.05. The highest BCUT2D eigenvalue weighted by molar-refractivity contribution is 5.84. The Morgan fingerprint density at radius 3 is 2.50 bits per heavy atom. The molecule has 0 radical (unpaired) electrons. The van der Waals surface area contributed by atoms with E-state index in [1.54, 1.807) is 11.3 Å². The van der Waals surface area contributed by atoms with E-state index in [0.29, 0.717) is 23.3 Å².